The number of methoxy groups -OCH3 is 1. The van der Waals surface area contributed by atoms with Gasteiger partial charge in [0.2, 0.25) is 0 Å². The van der Waals surface area contributed by atoms with Gasteiger partial charge in [0.15, 0.2) is 11.5 Å². The van der Waals surface area contributed by atoms with E-state index < -0.39 is 0 Å². The van der Waals surface area contributed by atoms with Gasteiger partial charge in [-0.3, -0.25) is 5.10 Å². The van der Waals surface area contributed by atoms with Gasteiger partial charge in [0.25, 0.3) is 0 Å². The summed E-state index contributed by atoms with van der Waals surface area (Å²) >= 11 is 0. The molecule has 0 spiro atoms. The van der Waals surface area contributed by atoms with Crippen molar-refractivity contribution in [2.24, 2.45) is 0 Å². The van der Waals surface area contributed by atoms with Crippen molar-refractivity contribution in [1.82, 2.24) is 10.2 Å². The van der Waals surface area contributed by atoms with E-state index in [9.17, 15) is 0 Å². The van der Waals surface area contributed by atoms with Crippen molar-refractivity contribution in [1.29, 1.82) is 0 Å². The summed E-state index contributed by atoms with van der Waals surface area (Å²) in [6.45, 7) is 1.46. The molecule has 0 radical (unpaired) electrons. The molecule has 1 aliphatic heterocycles. The van der Waals surface area contributed by atoms with E-state index in [4.69, 9.17) is 19.9 Å². The number of aromatic nitrogens is 2. The van der Waals surface area contributed by atoms with Crippen molar-refractivity contribution in [3.63, 3.8) is 0 Å². The number of para-hydroxylation sites is 1. The van der Waals surface area contributed by atoms with E-state index in [1.807, 2.05) is 18.2 Å². The number of nitrogens with two attached hydrogens (primary N) is 1. The fraction of sp³-hybridized carbons (Fsp3) is 0.400. The first-order valence-corrected chi connectivity index (χ1v) is 7.00. The van der Waals surface area contributed by atoms with Crippen LogP contribution in [0, 0.1) is 0 Å². The Morgan fingerprint density at radius 3 is 2.81 bits per heavy atom. The number of ether oxygens (including phenoxy) is 3. The van der Waals surface area contributed by atoms with E-state index in [0.717, 1.165) is 43.1 Å². The predicted octanol–water partition coefficient (Wildman–Crippen LogP) is 2.23. The number of rotatable bonds is 4. The van der Waals surface area contributed by atoms with Crippen LogP contribution in [-0.4, -0.2) is 36.6 Å². The van der Waals surface area contributed by atoms with Crippen LogP contribution in [0.15, 0.2) is 24.3 Å². The van der Waals surface area contributed by atoms with Crippen molar-refractivity contribution >= 4 is 5.82 Å². The molecule has 6 heteroatoms. The lowest BCUT2D eigenvalue weighted by Crippen LogP contribution is -2.26. The molecule has 2 heterocycles. The van der Waals surface area contributed by atoms with Crippen molar-refractivity contribution < 1.29 is 14.2 Å². The number of anilines is 1. The normalized spacial score (nSPS) is 15.9. The minimum atomic E-state index is 0.133. The van der Waals surface area contributed by atoms with Crippen LogP contribution in [0.2, 0.25) is 0 Å². The van der Waals surface area contributed by atoms with Crippen LogP contribution >= 0.6 is 0 Å². The zero-order chi connectivity index (χ0) is 14.7. The maximum Gasteiger partial charge on any atom is 0.170 e. The predicted molar refractivity (Wildman–Crippen MR) is 79.5 cm³/mol. The summed E-state index contributed by atoms with van der Waals surface area (Å²) in [6, 6.07) is 7.55. The number of aromatic amines is 1. The van der Waals surface area contributed by atoms with Crippen LogP contribution < -0.4 is 15.2 Å². The fourth-order valence-electron chi connectivity index (χ4n) is 2.45. The van der Waals surface area contributed by atoms with Crippen LogP contribution in [0.5, 0.6) is 11.5 Å². The molecule has 1 aromatic carbocycles. The highest BCUT2D eigenvalue weighted by molar-refractivity contribution is 5.72. The number of H-pyrrole nitrogens is 1. The van der Waals surface area contributed by atoms with Crippen molar-refractivity contribution in [3.8, 4) is 22.8 Å². The van der Waals surface area contributed by atoms with Gasteiger partial charge in [0.05, 0.1) is 26.0 Å². The molecule has 21 heavy (non-hydrogen) atoms. The Hall–Kier alpha value is -2.21. The average molecular weight is 289 g/mol. The molecular formula is C15H19N3O3. The zero-order valence-corrected chi connectivity index (χ0v) is 12.0. The molecule has 112 valence electrons. The summed E-state index contributed by atoms with van der Waals surface area (Å²) in [5, 5.41) is 6.89. The minimum absolute atomic E-state index is 0.133. The Kier molecular flexibility index (Phi) is 3.96. The fourth-order valence-corrected chi connectivity index (χ4v) is 2.45. The van der Waals surface area contributed by atoms with Gasteiger partial charge in [0, 0.05) is 24.5 Å². The van der Waals surface area contributed by atoms with Gasteiger partial charge in [-0.15, -0.1) is 0 Å². The molecule has 0 atom stereocenters. The van der Waals surface area contributed by atoms with E-state index in [2.05, 4.69) is 10.2 Å². The number of nitrogens with zero attached hydrogens (tertiary/aromatic N) is 1. The first kappa shape index (κ1) is 13.8. The average Bonchev–Trinajstić information content (AvgIpc) is 2.95. The molecular weight excluding hydrogens is 270 g/mol. The minimum Gasteiger partial charge on any atom is -0.493 e. The number of hydrogen-bond donors (Lipinski definition) is 2. The number of nitrogens with one attached hydrogen (secondary N) is 1. The molecule has 1 fully saturated rings. The van der Waals surface area contributed by atoms with Gasteiger partial charge in [0.1, 0.15) is 11.9 Å². The molecule has 0 unspecified atom stereocenters. The lowest BCUT2D eigenvalue weighted by Gasteiger charge is -2.25. The van der Waals surface area contributed by atoms with Crippen molar-refractivity contribution in [2.45, 2.75) is 18.9 Å². The monoisotopic (exact) mass is 289 g/mol. The van der Waals surface area contributed by atoms with E-state index in [-0.39, 0.29) is 6.10 Å². The molecule has 1 aliphatic rings. The van der Waals surface area contributed by atoms with Gasteiger partial charge >= 0.3 is 0 Å². The lowest BCUT2D eigenvalue weighted by molar-refractivity contribution is 0.0248. The zero-order valence-electron chi connectivity index (χ0n) is 12.0. The third-order valence-corrected chi connectivity index (χ3v) is 3.54. The van der Waals surface area contributed by atoms with Gasteiger partial charge in [-0.2, -0.15) is 5.10 Å². The van der Waals surface area contributed by atoms with Gasteiger partial charge < -0.3 is 19.9 Å². The number of nitrogen functional groups attached to an aromatic ring is 1. The van der Waals surface area contributed by atoms with Crippen molar-refractivity contribution in [3.05, 3.63) is 24.3 Å². The Morgan fingerprint density at radius 2 is 2.14 bits per heavy atom. The molecule has 1 saturated heterocycles. The highest BCUT2D eigenvalue weighted by atomic mass is 16.5. The maximum atomic E-state index is 6.18. The summed E-state index contributed by atoms with van der Waals surface area (Å²) in [4.78, 5) is 0. The van der Waals surface area contributed by atoms with Crippen LogP contribution in [0.1, 0.15) is 12.8 Å². The molecule has 6 nitrogen and oxygen atoms in total. The first-order chi connectivity index (χ1) is 10.3. The number of benzene rings is 1. The molecule has 0 aliphatic carbocycles. The summed E-state index contributed by atoms with van der Waals surface area (Å²) in [6.07, 6.45) is 1.89. The van der Waals surface area contributed by atoms with E-state index in [1.54, 1.807) is 13.2 Å². The number of hydrogen-bond acceptors (Lipinski definition) is 5. The maximum absolute atomic E-state index is 6.18. The van der Waals surface area contributed by atoms with Gasteiger partial charge in [-0.05, 0) is 12.1 Å². The van der Waals surface area contributed by atoms with Crippen molar-refractivity contribution in [2.75, 3.05) is 26.1 Å². The van der Waals surface area contributed by atoms with E-state index in [0.29, 0.717) is 11.6 Å². The van der Waals surface area contributed by atoms with E-state index >= 15 is 0 Å². The van der Waals surface area contributed by atoms with Crippen LogP contribution in [0.4, 0.5) is 5.82 Å². The molecule has 3 rings (SSSR count). The smallest absolute Gasteiger partial charge is 0.170 e. The molecule has 0 bridgehead atoms. The Labute approximate surface area is 123 Å². The largest absolute Gasteiger partial charge is 0.493 e. The summed E-state index contributed by atoms with van der Waals surface area (Å²) < 4.78 is 17.0. The van der Waals surface area contributed by atoms with Gasteiger partial charge in [-0.25, -0.2) is 0 Å². The summed E-state index contributed by atoms with van der Waals surface area (Å²) in [7, 11) is 1.64. The second-order valence-corrected chi connectivity index (χ2v) is 4.97. The Bertz CT molecular complexity index is 606. The molecule has 0 saturated carbocycles. The third kappa shape index (κ3) is 2.95. The molecule has 3 N–H and O–H groups in total. The summed E-state index contributed by atoms with van der Waals surface area (Å²) in [5.74, 6) is 1.87. The highest BCUT2D eigenvalue weighted by Crippen LogP contribution is 2.39. The SMILES string of the molecule is COc1cccc(-c2cc(N)n[nH]2)c1OC1CCOCC1. The topological polar surface area (TPSA) is 82.4 Å². The molecule has 2 aromatic rings. The van der Waals surface area contributed by atoms with Gasteiger partial charge in [-0.1, -0.05) is 6.07 Å². The first-order valence-electron chi connectivity index (χ1n) is 7.00. The molecule has 0 amide bonds. The van der Waals surface area contributed by atoms with Crippen LogP contribution in [0.25, 0.3) is 11.3 Å². The Morgan fingerprint density at radius 1 is 1.33 bits per heavy atom. The van der Waals surface area contributed by atoms with Crippen LogP contribution in [0.3, 0.4) is 0 Å². The second-order valence-electron chi connectivity index (χ2n) is 4.97. The van der Waals surface area contributed by atoms with Crippen LogP contribution in [-0.2, 0) is 4.74 Å². The highest BCUT2D eigenvalue weighted by Gasteiger charge is 2.21. The standard InChI is InChI=1S/C15H19N3O3/c1-19-13-4-2-3-11(12-9-14(16)18-17-12)15(13)21-10-5-7-20-8-6-10/h2-4,9-10H,5-8H2,1H3,(H3,16,17,18). The second kappa shape index (κ2) is 6.05. The third-order valence-electron chi connectivity index (χ3n) is 3.54. The summed E-state index contributed by atoms with van der Waals surface area (Å²) in [5.41, 5.74) is 7.40. The lowest BCUT2D eigenvalue weighted by atomic mass is 10.1. The van der Waals surface area contributed by atoms with E-state index in [1.165, 1.54) is 0 Å². The quantitative estimate of drug-likeness (QED) is 0.902. The molecule has 1 aromatic heterocycles. The Balaban J connectivity index is 1.95.